The van der Waals surface area contributed by atoms with Crippen LogP contribution in [-0.2, 0) is 6.11 Å². The van der Waals surface area contributed by atoms with Crippen molar-refractivity contribution in [2.75, 3.05) is 0 Å². The standard InChI is InChI=1S/C37H37F7O/c1-3-5-6-22-7-9-23(10-8-22)24-11-13-25(14-12-24)26-15-16-30(31(38)17-26)27-18-34(41)36(35(42)19-27)37(43,44)45-28-20-32(39)29(4-2)33(40)21-28/h3-4,15-25H,1-2,5-14H2. The maximum absolute atomic E-state index is 15.3. The Hall–Kier alpha value is -3.55. The van der Waals surface area contributed by atoms with Crippen LogP contribution in [0.25, 0.3) is 17.2 Å². The minimum Gasteiger partial charge on any atom is -0.429 e. The van der Waals surface area contributed by atoms with Crippen molar-refractivity contribution in [2.45, 2.75) is 76.2 Å². The van der Waals surface area contributed by atoms with E-state index in [0.717, 1.165) is 55.6 Å². The van der Waals surface area contributed by atoms with E-state index in [1.165, 1.54) is 44.2 Å². The maximum Gasteiger partial charge on any atom is 0.432 e. The summed E-state index contributed by atoms with van der Waals surface area (Å²) in [6.07, 6.45) is 9.66. The molecule has 0 N–H and O–H groups in total. The largest absolute Gasteiger partial charge is 0.432 e. The fourth-order valence-corrected chi connectivity index (χ4v) is 7.27. The lowest BCUT2D eigenvalue weighted by Crippen LogP contribution is -2.25. The minimum atomic E-state index is -4.63. The van der Waals surface area contributed by atoms with E-state index in [1.807, 2.05) is 6.08 Å². The average molecular weight is 631 g/mol. The SMILES string of the molecule is C=CCCC1CCC(C2CCC(c3ccc(-c4cc(F)c(C(F)(F)Oc5cc(F)c(C=C)c(F)c5)c(F)c4)c(F)c3)CC2)CC1. The van der Waals surface area contributed by atoms with Gasteiger partial charge in [0.1, 0.15) is 40.4 Å². The summed E-state index contributed by atoms with van der Waals surface area (Å²) < 4.78 is 107. The Balaban J connectivity index is 1.25. The highest BCUT2D eigenvalue weighted by atomic mass is 19.3. The van der Waals surface area contributed by atoms with Gasteiger partial charge in [-0.3, -0.25) is 0 Å². The van der Waals surface area contributed by atoms with Crippen molar-refractivity contribution in [3.63, 3.8) is 0 Å². The molecule has 0 radical (unpaired) electrons. The zero-order valence-corrected chi connectivity index (χ0v) is 25.0. The number of hydrogen-bond acceptors (Lipinski definition) is 1. The fraction of sp³-hybridized carbons (Fsp3) is 0.405. The molecular formula is C37H37F7O. The van der Waals surface area contributed by atoms with E-state index in [4.69, 9.17) is 0 Å². The highest BCUT2D eigenvalue weighted by molar-refractivity contribution is 5.65. The van der Waals surface area contributed by atoms with Gasteiger partial charge in [0.05, 0.1) is 0 Å². The predicted molar refractivity (Wildman–Crippen MR) is 162 cm³/mol. The quantitative estimate of drug-likeness (QED) is 0.160. The molecule has 0 atom stereocenters. The maximum atomic E-state index is 15.3. The third-order valence-corrected chi connectivity index (χ3v) is 9.72. The van der Waals surface area contributed by atoms with Gasteiger partial charge in [0.2, 0.25) is 0 Å². The molecule has 3 aromatic carbocycles. The molecule has 45 heavy (non-hydrogen) atoms. The zero-order valence-electron chi connectivity index (χ0n) is 25.0. The van der Waals surface area contributed by atoms with Crippen LogP contribution in [0, 0.1) is 46.8 Å². The molecule has 2 saturated carbocycles. The fourth-order valence-electron chi connectivity index (χ4n) is 7.27. The Morgan fingerprint density at radius 3 is 1.82 bits per heavy atom. The average Bonchev–Trinajstić information content (AvgIpc) is 2.99. The Morgan fingerprint density at radius 1 is 0.711 bits per heavy atom. The first-order valence-electron chi connectivity index (χ1n) is 15.6. The summed E-state index contributed by atoms with van der Waals surface area (Å²) in [5.41, 5.74) is -1.94. The van der Waals surface area contributed by atoms with Crippen LogP contribution in [0.4, 0.5) is 30.7 Å². The van der Waals surface area contributed by atoms with E-state index in [1.54, 1.807) is 6.07 Å². The van der Waals surface area contributed by atoms with Crippen LogP contribution >= 0.6 is 0 Å². The molecule has 0 spiro atoms. The second-order valence-corrected chi connectivity index (χ2v) is 12.4. The van der Waals surface area contributed by atoms with Crippen molar-refractivity contribution in [1.82, 2.24) is 0 Å². The van der Waals surface area contributed by atoms with E-state index >= 15 is 4.39 Å². The van der Waals surface area contributed by atoms with Crippen LogP contribution < -0.4 is 4.74 Å². The van der Waals surface area contributed by atoms with Gasteiger partial charge in [0.15, 0.2) is 0 Å². The molecule has 0 amide bonds. The summed E-state index contributed by atoms with van der Waals surface area (Å²) in [4.78, 5) is 0. The van der Waals surface area contributed by atoms with Gasteiger partial charge in [0.25, 0.3) is 0 Å². The van der Waals surface area contributed by atoms with E-state index in [-0.39, 0.29) is 17.0 Å². The molecule has 1 nitrogen and oxygen atoms in total. The van der Waals surface area contributed by atoms with Crippen molar-refractivity contribution in [3.05, 3.63) is 107 Å². The summed E-state index contributed by atoms with van der Waals surface area (Å²) in [7, 11) is 0. The Morgan fingerprint density at radius 2 is 1.29 bits per heavy atom. The van der Waals surface area contributed by atoms with Gasteiger partial charge in [-0.15, -0.1) is 6.58 Å². The minimum absolute atomic E-state index is 0.140. The zero-order chi connectivity index (χ0) is 32.3. The topological polar surface area (TPSA) is 9.23 Å². The number of rotatable bonds is 10. The lowest BCUT2D eigenvalue weighted by Gasteiger charge is -2.38. The molecule has 2 aliphatic rings. The number of halogens is 7. The van der Waals surface area contributed by atoms with Crippen LogP contribution in [0.5, 0.6) is 5.75 Å². The van der Waals surface area contributed by atoms with Crippen LogP contribution in [-0.4, -0.2) is 0 Å². The predicted octanol–water partition coefficient (Wildman–Crippen LogP) is 11.9. The van der Waals surface area contributed by atoms with Gasteiger partial charge in [-0.25, -0.2) is 22.0 Å². The monoisotopic (exact) mass is 630 g/mol. The smallest absolute Gasteiger partial charge is 0.429 e. The van der Waals surface area contributed by atoms with Crippen molar-refractivity contribution in [1.29, 1.82) is 0 Å². The molecule has 5 rings (SSSR count). The summed E-state index contributed by atoms with van der Waals surface area (Å²) in [5.74, 6) is -5.16. The summed E-state index contributed by atoms with van der Waals surface area (Å²) in [5, 5.41) is 0. The molecule has 0 aromatic heterocycles. The molecular weight excluding hydrogens is 593 g/mol. The second kappa shape index (κ2) is 13.8. The number of benzene rings is 3. The Bertz CT molecular complexity index is 1490. The van der Waals surface area contributed by atoms with Crippen molar-refractivity contribution in [2.24, 2.45) is 17.8 Å². The van der Waals surface area contributed by atoms with Gasteiger partial charge in [-0.05, 0) is 104 Å². The lowest BCUT2D eigenvalue weighted by molar-refractivity contribution is -0.189. The summed E-state index contributed by atoms with van der Waals surface area (Å²) >= 11 is 0. The Kier molecular flexibility index (Phi) is 10.1. The van der Waals surface area contributed by atoms with Gasteiger partial charge < -0.3 is 4.74 Å². The van der Waals surface area contributed by atoms with E-state index in [2.05, 4.69) is 17.9 Å². The van der Waals surface area contributed by atoms with Crippen molar-refractivity contribution >= 4 is 6.08 Å². The van der Waals surface area contributed by atoms with E-state index in [9.17, 15) is 26.3 Å². The summed E-state index contributed by atoms with van der Waals surface area (Å²) in [6.45, 7) is 7.05. The van der Waals surface area contributed by atoms with Crippen molar-refractivity contribution < 1.29 is 35.5 Å². The first kappa shape index (κ1) is 32.8. The van der Waals surface area contributed by atoms with Gasteiger partial charge >= 0.3 is 6.11 Å². The van der Waals surface area contributed by atoms with Crippen molar-refractivity contribution in [3.8, 4) is 16.9 Å². The molecule has 2 fully saturated rings. The van der Waals surface area contributed by atoms with E-state index in [0.29, 0.717) is 30.2 Å². The molecule has 0 bridgehead atoms. The van der Waals surface area contributed by atoms with Crippen LogP contribution in [0.1, 0.15) is 86.8 Å². The first-order valence-corrected chi connectivity index (χ1v) is 15.6. The molecule has 8 heteroatoms. The number of alkyl halides is 2. The molecule has 0 saturated heterocycles. The van der Waals surface area contributed by atoms with Gasteiger partial charge in [-0.1, -0.05) is 43.7 Å². The number of hydrogen-bond donors (Lipinski definition) is 0. The molecule has 240 valence electrons. The van der Waals surface area contributed by atoms with Gasteiger partial charge in [0, 0.05) is 23.3 Å². The highest BCUT2D eigenvalue weighted by Crippen LogP contribution is 2.45. The van der Waals surface area contributed by atoms with Gasteiger partial charge in [-0.2, -0.15) is 8.78 Å². The molecule has 0 unspecified atom stereocenters. The third-order valence-electron chi connectivity index (χ3n) is 9.72. The molecule has 3 aromatic rings. The third kappa shape index (κ3) is 7.31. The summed E-state index contributed by atoms with van der Waals surface area (Å²) in [6, 6.07) is 6.60. The van der Waals surface area contributed by atoms with Crippen LogP contribution in [0.15, 0.2) is 61.7 Å². The van der Waals surface area contributed by atoms with Crippen LogP contribution in [0.2, 0.25) is 0 Å². The second-order valence-electron chi connectivity index (χ2n) is 12.4. The number of ether oxygens (including phenoxy) is 1. The molecule has 0 heterocycles. The number of allylic oxidation sites excluding steroid dienone is 1. The Labute approximate surface area is 259 Å². The first-order chi connectivity index (χ1) is 21.5. The van der Waals surface area contributed by atoms with Crippen LogP contribution in [0.3, 0.4) is 0 Å². The molecule has 2 aliphatic carbocycles. The van der Waals surface area contributed by atoms with E-state index < -0.39 is 52.1 Å². The normalized spacial score (nSPS) is 22.2. The highest BCUT2D eigenvalue weighted by Gasteiger charge is 2.42. The lowest BCUT2D eigenvalue weighted by atomic mass is 9.68. The molecule has 0 aliphatic heterocycles.